The van der Waals surface area contributed by atoms with Crippen LogP contribution in [-0.4, -0.2) is 42.5 Å². The molecule has 3 aromatic heterocycles. The molecule has 1 saturated heterocycles. The Morgan fingerprint density at radius 1 is 1.31 bits per heavy atom. The lowest BCUT2D eigenvalue weighted by atomic mass is 9.89. The Labute approximate surface area is 195 Å². The van der Waals surface area contributed by atoms with Crippen LogP contribution in [0.2, 0.25) is 0 Å². The third-order valence-electron chi connectivity index (χ3n) is 6.45. The zero-order valence-corrected chi connectivity index (χ0v) is 20.4. The molecule has 0 aromatic carbocycles. The monoisotopic (exact) mass is 474 g/mol. The van der Waals surface area contributed by atoms with E-state index in [1.807, 2.05) is 9.25 Å². The van der Waals surface area contributed by atoms with Gasteiger partial charge in [-0.15, -0.1) is 16.4 Å². The van der Waals surface area contributed by atoms with Gasteiger partial charge in [0.2, 0.25) is 0 Å². The van der Waals surface area contributed by atoms with E-state index in [1.54, 1.807) is 23.1 Å². The number of hydrogen-bond acceptors (Lipinski definition) is 8. The fourth-order valence-electron chi connectivity index (χ4n) is 4.61. The van der Waals surface area contributed by atoms with Crippen molar-refractivity contribution in [3.8, 4) is 0 Å². The Hall–Kier alpha value is -1.78. The van der Waals surface area contributed by atoms with E-state index in [0.29, 0.717) is 18.2 Å². The number of nitrogens with zero attached hydrogens (tertiary/aromatic N) is 6. The van der Waals surface area contributed by atoms with E-state index in [2.05, 4.69) is 29.4 Å². The van der Waals surface area contributed by atoms with Crippen LogP contribution in [0.25, 0.3) is 10.2 Å². The van der Waals surface area contributed by atoms with Crippen molar-refractivity contribution >= 4 is 33.3 Å². The van der Waals surface area contributed by atoms with Crippen LogP contribution in [0, 0.1) is 5.92 Å². The second-order valence-electron chi connectivity index (χ2n) is 8.94. The highest BCUT2D eigenvalue weighted by Gasteiger charge is 2.26. The van der Waals surface area contributed by atoms with Gasteiger partial charge >= 0.3 is 0 Å². The van der Waals surface area contributed by atoms with E-state index < -0.39 is 0 Å². The molecule has 5 rings (SSSR count). The Morgan fingerprint density at radius 2 is 2.22 bits per heavy atom. The minimum atomic E-state index is 0.0793. The van der Waals surface area contributed by atoms with Crippen molar-refractivity contribution in [1.29, 1.82) is 0 Å². The smallest absolute Gasteiger partial charge is 0.263 e. The predicted octanol–water partition coefficient (Wildman–Crippen LogP) is 3.84. The van der Waals surface area contributed by atoms with Crippen LogP contribution in [-0.2, 0) is 36.4 Å². The number of tetrazole rings is 1. The largest absolute Gasteiger partial charge is 0.376 e. The van der Waals surface area contributed by atoms with E-state index in [1.165, 1.54) is 10.4 Å². The summed E-state index contributed by atoms with van der Waals surface area (Å²) in [5, 5.41) is 13.8. The molecular formula is C22H30N6O2S2. The number of aryl methyl sites for hydroxylation is 2. The fraction of sp³-hybridized carbons (Fsp3) is 0.682. The zero-order chi connectivity index (χ0) is 22.1. The topological polar surface area (TPSA) is 87.7 Å². The summed E-state index contributed by atoms with van der Waals surface area (Å²) < 4.78 is 9.59. The molecule has 0 radical (unpaired) electrons. The minimum Gasteiger partial charge on any atom is -0.376 e. The molecule has 0 unspecified atom stereocenters. The van der Waals surface area contributed by atoms with Gasteiger partial charge in [-0.2, -0.15) is 0 Å². The Balaban J connectivity index is 1.50. The molecular weight excluding hydrogens is 444 g/mol. The lowest BCUT2D eigenvalue weighted by Crippen LogP contribution is -2.29. The van der Waals surface area contributed by atoms with Gasteiger partial charge in [-0.3, -0.25) is 9.36 Å². The number of thiophene rings is 1. The highest BCUT2D eigenvalue weighted by atomic mass is 32.2. The molecule has 0 saturated carbocycles. The maximum absolute atomic E-state index is 13.7. The first-order valence-electron chi connectivity index (χ1n) is 11.7. The number of unbranched alkanes of at least 4 members (excludes halogenated alkanes) is 1. The number of hydrogen-bond donors (Lipinski definition) is 0. The van der Waals surface area contributed by atoms with Crippen LogP contribution in [0.5, 0.6) is 0 Å². The van der Waals surface area contributed by atoms with Crippen LogP contribution in [0.15, 0.2) is 9.95 Å². The zero-order valence-electron chi connectivity index (χ0n) is 18.7. The highest BCUT2D eigenvalue weighted by molar-refractivity contribution is 7.98. The van der Waals surface area contributed by atoms with Crippen molar-refractivity contribution < 1.29 is 4.74 Å². The van der Waals surface area contributed by atoms with Crippen LogP contribution in [0.4, 0.5) is 0 Å². The maximum Gasteiger partial charge on any atom is 0.263 e. The highest BCUT2D eigenvalue weighted by Crippen LogP contribution is 2.37. The normalized spacial score (nSPS) is 20.8. The molecule has 8 nitrogen and oxygen atoms in total. The number of thioether (sulfide) groups is 1. The molecule has 1 fully saturated rings. The maximum atomic E-state index is 13.7. The van der Waals surface area contributed by atoms with E-state index >= 15 is 0 Å². The van der Waals surface area contributed by atoms with Crippen molar-refractivity contribution in [1.82, 2.24) is 29.8 Å². The molecule has 1 aliphatic carbocycles. The van der Waals surface area contributed by atoms with E-state index in [4.69, 9.17) is 9.72 Å². The van der Waals surface area contributed by atoms with Gasteiger partial charge in [0.05, 0.1) is 23.8 Å². The molecule has 2 aliphatic rings. The summed E-state index contributed by atoms with van der Waals surface area (Å²) >= 11 is 3.26. The SMILES string of the molecule is CCCCn1nnnc1CSc1nc2sc3c(c2c(=O)n1C[C@@H]1CCCO1)CC[C@@H](C)C3. The van der Waals surface area contributed by atoms with E-state index in [9.17, 15) is 4.79 Å². The van der Waals surface area contributed by atoms with Gasteiger partial charge in [0, 0.05) is 18.0 Å². The molecule has 0 bridgehead atoms. The van der Waals surface area contributed by atoms with Gasteiger partial charge in [0.1, 0.15) is 4.83 Å². The summed E-state index contributed by atoms with van der Waals surface area (Å²) in [4.78, 5) is 21.0. The molecule has 0 spiro atoms. The Bertz CT molecular complexity index is 1150. The first-order valence-corrected chi connectivity index (χ1v) is 13.5. The van der Waals surface area contributed by atoms with Crippen molar-refractivity contribution in [2.75, 3.05) is 6.61 Å². The van der Waals surface area contributed by atoms with Crippen LogP contribution in [0.1, 0.15) is 62.2 Å². The summed E-state index contributed by atoms with van der Waals surface area (Å²) in [7, 11) is 0. The molecule has 10 heteroatoms. The second kappa shape index (κ2) is 9.61. The van der Waals surface area contributed by atoms with Crippen LogP contribution < -0.4 is 5.56 Å². The Kier molecular flexibility index (Phi) is 6.61. The summed E-state index contributed by atoms with van der Waals surface area (Å²) in [6.07, 6.45) is 7.42. The third-order valence-corrected chi connectivity index (χ3v) is 8.57. The molecule has 0 N–H and O–H groups in total. The van der Waals surface area contributed by atoms with Crippen LogP contribution in [0.3, 0.4) is 0 Å². The average molecular weight is 475 g/mol. The van der Waals surface area contributed by atoms with Gasteiger partial charge < -0.3 is 4.74 Å². The first-order chi connectivity index (χ1) is 15.6. The van der Waals surface area contributed by atoms with E-state index in [-0.39, 0.29) is 11.7 Å². The van der Waals surface area contributed by atoms with Crippen molar-refractivity contribution in [2.24, 2.45) is 5.92 Å². The number of ether oxygens (including phenoxy) is 1. The lowest BCUT2D eigenvalue weighted by molar-refractivity contribution is 0.0937. The molecule has 4 heterocycles. The van der Waals surface area contributed by atoms with Crippen molar-refractivity contribution in [3.63, 3.8) is 0 Å². The Morgan fingerprint density at radius 3 is 3.03 bits per heavy atom. The number of rotatable bonds is 8. The minimum absolute atomic E-state index is 0.0793. The summed E-state index contributed by atoms with van der Waals surface area (Å²) in [6.45, 7) is 6.59. The van der Waals surface area contributed by atoms with Gasteiger partial charge in [-0.1, -0.05) is 32.0 Å². The third kappa shape index (κ3) is 4.36. The fourth-order valence-corrected chi connectivity index (χ4v) is 6.97. The average Bonchev–Trinajstić information content (AvgIpc) is 3.52. The predicted molar refractivity (Wildman–Crippen MR) is 126 cm³/mol. The summed E-state index contributed by atoms with van der Waals surface area (Å²) in [6, 6.07) is 0. The molecule has 0 amide bonds. The van der Waals surface area contributed by atoms with Crippen LogP contribution >= 0.6 is 23.1 Å². The lowest BCUT2D eigenvalue weighted by Gasteiger charge is -2.18. The second-order valence-corrected chi connectivity index (χ2v) is 11.0. The quantitative estimate of drug-likeness (QED) is 0.362. The standard InChI is InChI=1S/C22H30N6O2S2/c1-3-4-9-28-18(24-25-26-28)13-31-22-23-20-19(16-8-7-14(2)11-17(16)32-20)21(29)27(22)12-15-6-5-10-30-15/h14-15H,3-13H2,1-2H3/t14-,15+/m1/s1. The van der Waals surface area contributed by atoms with Gasteiger partial charge in [-0.05, 0) is 60.4 Å². The van der Waals surface area contributed by atoms with Crippen molar-refractivity contribution in [2.45, 2.75) is 88.9 Å². The number of fused-ring (bicyclic) bond motifs is 3. The molecule has 1 aliphatic heterocycles. The van der Waals surface area contributed by atoms with Gasteiger partial charge in [0.15, 0.2) is 11.0 Å². The van der Waals surface area contributed by atoms with Crippen molar-refractivity contribution in [3.05, 3.63) is 26.6 Å². The molecule has 172 valence electrons. The first kappa shape index (κ1) is 22.0. The van der Waals surface area contributed by atoms with Gasteiger partial charge in [0.25, 0.3) is 5.56 Å². The number of aromatic nitrogens is 6. The van der Waals surface area contributed by atoms with Gasteiger partial charge in [-0.25, -0.2) is 9.67 Å². The molecule has 2 atom stereocenters. The van der Waals surface area contributed by atoms with E-state index in [0.717, 1.165) is 79.3 Å². The summed E-state index contributed by atoms with van der Waals surface area (Å²) in [5.41, 5.74) is 1.33. The molecule has 32 heavy (non-hydrogen) atoms. The summed E-state index contributed by atoms with van der Waals surface area (Å²) in [5.74, 6) is 2.07. The molecule has 3 aromatic rings.